The molecule has 2 aromatic rings. The van der Waals surface area contributed by atoms with E-state index in [4.69, 9.17) is 4.74 Å². The lowest BCUT2D eigenvalue weighted by molar-refractivity contribution is -0.117. The first-order valence-corrected chi connectivity index (χ1v) is 7.36. The highest BCUT2D eigenvalue weighted by Crippen LogP contribution is 2.11. The summed E-state index contributed by atoms with van der Waals surface area (Å²) >= 11 is 0. The Balaban J connectivity index is 1.82. The first-order chi connectivity index (χ1) is 11.7. The lowest BCUT2D eigenvalue weighted by Gasteiger charge is -2.07. The van der Waals surface area contributed by atoms with E-state index in [9.17, 15) is 9.59 Å². The molecule has 5 heteroatoms. The van der Waals surface area contributed by atoms with Gasteiger partial charge < -0.3 is 4.74 Å². The van der Waals surface area contributed by atoms with E-state index in [-0.39, 0.29) is 0 Å². The molecule has 0 saturated heterocycles. The van der Waals surface area contributed by atoms with Gasteiger partial charge in [-0.1, -0.05) is 43.0 Å². The molecule has 2 aromatic carbocycles. The predicted molar refractivity (Wildman–Crippen MR) is 93.2 cm³/mol. The van der Waals surface area contributed by atoms with Crippen LogP contribution in [0.3, 0.4) is 0 Å². The molecule has 0 bridgehead atoms. The maximum absolute atomic E-state index is 11.9. The molecule has 5 nitrogen and oxygen atoms in total. The van der Waals surface area contributed by atoms with Crippen molar-refractivity contribution in [1.82, 2.24) is 10.9 Å². The molecular weight excluding hydrogens is 304 g/mol. The van der Waals surface area contributed by atoms with Gasteiger partial charge in [-0.25, -0.2) is 0 Å². The molecule has 0 saturated carbocycles. The fourth-order valence-corrected chi connectivity index (χ4v) is 1.83. The quantitative estimate of drug-likeness (QED) is 0.488. The Morgan fingerprint density at radius 1 is 1.00 bits per heavy atom. The van der Waals surface area contributed by atoms with Crippen LogP contribution < -0.4 is 15.6 Å². The molecule has 0 spiro atoms. The molecule has 0 fully saturated rings. The highest BCUT2D eigenvalue weighted by molar-refractivity contribution is 5.97. The third kappa shape index (κ3) is 5.46. The summed E-state index contributed by atoms with van der Waals surface area (Å²) in [5.41, 5.74) is 5.99. The van der Waals surface area contributed by atoms with Gasteiger partial charge in [-0.05, 0) is 35.9 Å². The van der Waals surface area contributed by atoms with Crippen molar-refractivity contribution in [3.63, 3.8) is 0 Å². The SMILES string of the molecule is C=CCOc1ccc(C(=O)NNC(=O)C=Cc2ccccc2)cc1. The molecule has 0 aromatic heterocycles. The summed E-state index contributed by atoms with van der Waals surface area (Å²) in [4.78, 5) is 23.6. The molecule has 122 valence electrons. The fourth-order valence-electron chi connectivity index (χ4n) is 1.83. The van der Waals surface area contributed by atoms with Crippen molar-refractivity contribution in [2.75, 3.05) is 6.61 Å². The van der Waals surface area contributed by atoms with Crippen LogP contribution in [0.25, 0.3) is 6.08 Å². The van der Waals surface area contributed by atoms with Crippen LogP contribution in [0.4, 0.5) is 0 Å². The number of amides is 2. The Labute approximate surface area is 140 Å². The first-order valence-electron chi connectivity index (χ1n) is 7.36. The molecule has 2 N–H and O–H groups in total. The Hall–Kier alpha value is -3.34. The third-order valence-electron chi connectivity index (χ3n) is 3.01. The van der Waals surface area contributed by atoms with Gasteiger partial charge in [-0.15, -0.1) is 0 Å². The lowest BCUT2D eigenvalue weighted by atomic mass is 10.2. The van der Waals surface area contributed by atoms with Gasteiger partial charge in [0, 0.05) is 11.6 Å². The molecule has 0 aliphatic carbocycles. The van der Waals surface area contributed by atoms with Gasteiger partial charge in [0.05, 0.1) is 0 Å². The summed E-state index contributed by atoms with van der Waals surface area (Å²) < 4.78 is 5.33. The number of rotatable bonds is 6. The number of hydrogen-bond donors (Lipinski definition) is 2. The van der Waals surface area contributed by atoms with Crippen LogP contribution in [0.5, 0.6) is 5.75 Å². The topological polar surface area (TPSA) is 67.4 Å². The average Bonchev–Trinajstić information content (AvgIpc) is 2.64. The van der Waals surface area contributed by atoms with Gasteiger partial charge in [0.25, 0.3) is 11.8 Å². The van der Waals surface area contributed by atoms with Gasteiger partial charge in [0.2, 0.25) is 0 Å². The highest BCUT2D eigenvalue weighted by Gasteiger charge is 2.06. The molecule has 0 aliphatic heterocycles. The average molecular weight is 322 g/mol. The summed E-state index contributed by atoms with van der Waals surface area (Å²) in [6, 6.07) is 16.0. The largest absolute Gasteiger partial charge is 0.490 e. The second-order valence-corrected chi connectivity index (χ2v) is 4.81. The van der Waals surface area contributed by atoms with Gasteiger partial charge in [-0.2, -0.15) is 0 Å². The van der Waals surface area contributed by atoms with E-state index < -0.39 is 11.8 Å². The monoisotopic (exact) mass is 322 g/mol. The molecule has 0 radical (unpaired) electrons. The van der Waals surface area contributed by atoms with Crippen molar-refractivity contribution in [3.8, 4) is 5.75 Å². The zero-order valence-electron chi connectivity index (χ0n) is 13.1. The smallest absolute Gasteiger partial charge is 0.269 e. The number of hydrogen-bond acceptors (Lipinski definition) is 3. The van der Waals surface area contributed by atoms with Crippen molar-refractivity contribution >= 4 is 17.9 Å². The molecule has 0 aliphatic rings. The summed E-state index contributed by atoms with van der Waals surface area (Å²) in [7, 11) is 0. The molecule has 0 unspecified atom stereocenters. The summed E-state index contributed by atoms with van der Waals surface area (Å²) in [6.45, 7) is 3.96. The van der Waals surface area contributed by atoms with Crippen molar-refractivity contribution in [2.45, 2.75) is 0 Å². The summed E-state index contributed by atoms with van der Waals surface area (Å²) in [5.74, 6) is -0.189. The van der Waals surface area contributed by atoms with Gasteiger partial charge >= 0.3 is 0 Å². The normalized spacial score (nSPS) is 10.2. The third-order valence-corrected chi connectivity index (χ3v) is 3.01. The van der Waals surface area contributed by atoms with Gasteiger partial charge in [-0.3, -0.25) is 20.4 Å². The standard InChI is InChI=1S/C19H18N2O3/c1-2-14-24-17-11-9-16(10-12-17)19(23)21-20-18(22)13-8-15-6-4-3-5-7-15/h2-13H,1,14H2,(H,20,22)(H,21,23). The van der Waals surface area contributed by atoms with Gasteiger partial charge in [0.1, 0.15) is 12.4 Å². The maximum Gasteiger partial charge on any atom is 0.269 e. The van der Waals surface area contributed by atoms with Crippen LogP contribution >= 0.6 is 0 Å². The Kier molecular flexibility index (Phi) is 6.35. The van der Waals surface area contributed by atoms with E-state index >= 15 is 0 Å². The van der Waals surface area contributed by atoms with Crippen LogP contribution in [0.15, 0.2) is 73.3 Å². The van der Waals surface area contributed by atoms with Crippen LogP contribution in [0.2, 0.25) is 0 Å². The number of benzene rings is 2. The molecular formula is C19H18N2O3. The zero-order valence-corrected chi connectivity index (χ0v) is 13.1. The molecule has 0 heterocycles. The van der Waals surface area contributed by atoms with E-state index in [2.05, 4.69) is 17.4 Å². The maximum atomic E-state index is 11.9. The van der Waals surface area contributed by atoms with E-state index in [0.29, 0.717) is 17.9 Å². The van der Waals surface area contributed by atoms with E-state index in [0.717, 1.165) is 5.56 Å². The Bertz CT molecular complexity index is 722. The molecule has 24 heavy (non-hydrogen) atoms. The fraction of sp³-hybridized carbons (Fsp3) is 0.0526. The van der Waals surface area contributed by atoms with Crippen molar-refractivity contribution in [2.24, 2.45) is 0 Å². The second-order valence-electron chi connectivity index (χ2n) is 4.81. The zero-order chi connectivity index (χ0) is 17.2. The number of nitrogens with one attached hydrogen (secondary N) is 2. The van der Waals surface area contributed by atoms with E-state index in [1.54, 1.807) is 36.4 Å². The van der Waals surface area contributed by atoms with Crippen LogP contribution in [-0.4, -0.2) is 18.4 Å². The van der Waals surface area contributed by atoms with Crippen molar-refractivity contribution in [3.05, 3.63) is 84.5 Å². The molecule has 0 atom stereocenters. The predicted octanol–water partition coefficient (Wildman–Crippen LogP) is 2.73. The summed E-state index contributed by atoms with van der Waals surface area (Å²) in [6.07, 6.45) is 4.65. The number of hydrazine groups is 1. The molecule has 2 rings (SSSR count). The van der Waals surface area contributed by atoms with Gasteiger partial charge in [0.15, 0.2) is 0 Å². The number of carbonyl (C=O) groups is 2. The second kappa shape index (κ2) is 8.95. The Morgan fingerprint density at radius 3 is 2.38 bits per heavy atom. The van der Waals surface area contributed by atoms with E-state index in [1.165, 1.54) is 6.08 Å². The molecule has 2 amide bonds. The minimum Gasteiger partial charge on any atom is -0.490 e. The Morgan fingerprint density at radius 2 is 1.71 bits per heavy atom. The number of ether oxygens (including phenoxy) is 1. The van der Waals surface area contributed by atoms with Crippen LogP contribution in [0.1, 0.15) is 15.9 Å². The minimum absolute atomic E-state index is 0.398. The van der Waals surface area contributed by atoms with Crippen molar-refractivity contribution < 1.29 is 14.3 Å². The van der Waals surface area contributed by atoms with E-state index in [1.807, 2.05) is 30.3 Å². The summed E-state index contributed by atoms with van der Waals surface area (Å²) in [5, 5.41) is 0. The van der Waals surface area contributed by atoms with Crippen molar-refractivity contribution in [1.29, 1.82) is 0 Å². The van der Waals surface area contributed by atoms with Crippen LogP contribution in [0, 0.1) is 0 Å². The minimum atomic E-state index is -0.418. The van der Waals surface area contributed by atoms with Crippen LogP contribution in [-0.2, 0) is 4.79 Å². The lowest BCUT2D eigenvalue weighted by Crippen LogP contribution is -2.40. The number of carbonyl (C=O) groups excluding carboxylic acids is 2. The first kappa shape index (κ1) is 17.0. The highest BCUT2D eigenvalue weighted by atomic mass is 16.5.